The highest BCUT2D eigenvalue weighted by atomic mass is 32.1. The Hall–Kier alpha value is -13.7. The van der Waals surface area contributed by atoms with E-state index >= 15 is 0 Å². The Morgan fingerprint density at radius 2 is 1.21 bits per heavy atom. The number of amides is 2. The van der Waals surface area contributed by atoms with Crippen molar-refractivity contribution in [1.29, 1.82) is 0 Å². The zero-order chi connectivity index (χ0) is 68.0. The van der Waals surface area contributed by atoms with Crippen LogP contribution >= 0.6 is 22.7 Å². The monoisotopic (exact) mass is 1340 g/mol. The fourth-order valence-electron chi connectivity index (χ4n) is 7.66. The van der Waals surface area contributed by atoms with Crippen LogP contribution in [0.5, 0.6) is 0 Å². The predicted molar refractivity (Wildman–Crippen MR) is 376 cm³/mol. The molecule has 26 nitrogen and oxygen atoms in total. The molecule has 28 heteroatoms. The molecule has 0 saturated heterocycles. The zero-order valence-corrected chi connectivity index (χ0v) is 53.9. The molecule has 98 heavy (non-hydrogen) atoms. The Balaban J connectivity index is 0.000000137. The third kappa shape index (κ3) is 25.1. The number of nitrogens with one attached hydrogen (secondary N) is 6. The van der Waals surface area contributed by atoms with Crippen LogP contribution in [0.3, 0.4) is 0 Å². The normalized spacial score (nSPS) is 10.1. The van der Waals surface area contributed by atoms with Crippen LogP contribution in [-0.4, -0.2) is 124 Å². The van der Waals surface area contributed by atoms with Crippen molar-refractivity contribution in [2.24, 2.45) is 0 Å². The lowest BCUT2D eigenvalue weighted by molar-refractivity contribution is -0.512. The van der Waals surface area contributed by atoms with Gasteiger partial charge < -0.3 is 18.8 Å². The Bertz CT molecular complexity index is 4170. The molecular weight excluding hydrogens is 1280 g/mol. The number of imidazole rings is 2. The van der Waals surface area contributed by atoms with E-state index in [0.29, 0.717) is 11.1 Å². The van der Waals surface area contributed by atoms with Crippen molar-refractivity contribution >= 4 is 94.4 Å². The first-order chi connectivity index (χ1) is 48.5. The number of pyridine rings is 4. The highest BCUT2D eigenvalue weighted by Gasteiger charge is 2.31. The van der Waals surface area contributed by atoms with Crippen molar-refractivity contribution in [1.82, 2.24) is 105 Å². The molecule has 0 bridgehead atoms. The lowest BCUT2D eigenvalue weighted by Crippen LogP contribution is -2.24. The quantitative estimate of drug-likeness (QED) is 0.0607. The van der Waals surface area contributed by atoms with Gasteiger partial charge in [-0.3, -0.25) is 39.8 Å². The number of aromatic nitrogens is 21. The van der Waals surface area contributed by atoms with E-state index in [2.05, 4.69) is 111 Å². The topological polar surface area (TPSA) is 343 Å². The molecule has 0 fully saturated rings. The van der Waals surface area contributed by atoms with E-state index in [4.69, 9.17) is 4.42 Å². The number of para-hydroxylation sites is 6. The summed E-state index contributed by atoms with van der Waals surface area (Å²) in [5, 5.41) is 29.8. The van der Waals surface area contributed by atoms with Gasteiger partial charge in [-0.1, -0.05) is 78.9 Å². The van der Waals surface area contributed by atoms with Gasteiger partial charge in [0, 0.05) is 90.1 Å². The second-order valence-electron chi connectivity index (χ2n) is 18.7. The van der Waals surface area contributed by atoms with E-state index in [1.807, 2.05) is 185 Å². The third-order valence-electron chi connectivity index (χ3n) is 12.2. The van der Waals surface area contributed by atoms with Crippen LogP contribution in [-0.2, 0) is 0 Å². The molecule has 488 valence electrons. The maximum absolute atomic E-state index is 11.3. The first kappa shape index (κ1) is 70.1. The van der Waals surface area contributed by atoms with E-state index in [-0.39, 0.29) is 11.8 Å². The summed E-state index contributed by atoms with van der Waals surface area (Å²) >= 11 is 3.28. The molecular formula is C70H63N22O4S2+. The molecule has 15 heterocycles. The number of imide groups is 1. The van der Waals surface area contributed by atoms with Crippen LogP contribution in [0.25, 0.3) is 59.9 Å². The van der Waals surface area contributed by atoms with Gasteiger partial charge in [-0.05, 0) is 103 Å². The second kappa shape index (κ2) is 42.4. The van der Waals surface area contributed by atoms with Gasteiger partial charge in [0.25, 0.3) is 23.8 Å². The number of nitrogens with zero attached hydrogens (tertiary/aromatic N) is 16. The van der Waals surface area contributed by atoms with Crippen molar-refractivity contribution in [3.63, 3.8) is 0 Å². The second-order valence-corrected chi connectivity index (χ2v) is 20.3. The molecule has 0 atom stereocenters. The zero-order valence-electron chi connectivity index (χ0n) is 52.3. The SMILES string of the molecule is CN1C(=O)c2ccccc2C1=O.c1c[nH]cn1.c1cc[n+]2cn[nH]c2c1.c1ccc2[nH]cnc2c1.c1ccc2[nH]ncc2c1.c1ccc2ocnc2c1.c1ccc2scnc2c1.c1ccncc1.c1cn[nH]c1.c1cnc2ncccc2c1.c1cocn1.c1cscn1.c1nc[nH]n1. The molecule has 0 saturated carbocycles. The lowest BCUT2D eigenvalue weighted by atomic mass is 10.1. The molecule has 19 aromatic rings. The smallest absolute Gasteiger partial charge is 0.269 e. The largest absolute Gasteiger partial charge is 0.452 e. The molecule has 2 amide bonds. The number of hydrogen-bond acceptors (Lipinski definition) is 20. The molecule has 1 aliphatic heterocycles. The number of benzene rings is 5. The summed E-state index contributed by atoms with van der Waals surface area (Å²) in [4.78, 5) is 68.1. The van der Waals surface area contributed by atoms with Crippen molar-refractivity contribution in [3.05, 3.63) is 341 Å². The summed E-state index contributed by atoms with van der Waals surface area (Å²) in [5.41, 5.74) is 12.6. The Kier molecular flexibility index (Phi) is 30.4. The number of thiazole rings is 2. The minimum absolute atomic E-state index is 0.212. The fraction of sp³-hybridized carbons (Fsp3) is 0.0143. The van der Waals surface area contributed by atoms with Gasteiger partial charge in [-0.2, -0.15) is 15.3 Å². The molecule has 0 radical (unpaired) electrons. The number of aromatic amines is 6. The van der Waals surface area contributed by atoms with Crippen molar-refractivity contribution < 1.29 is 22.8 Å². The summed E-state index contributed by atoms with van der Waals surface area (Å²) in [6.45, 7) is 0. The molecule has 0 aliphatic carbocycles. The summed E-state index contributed by atoms with van der Waals surface area (Å²) in [7, 11) is 1.49. The first-order valence-corrected chi connectivity index (χ1v) is 31.2. The van der Waals surface area contributed by atoms with Crippen molar-refractivity contribution in [2.75, 3.05) is 7.05 Å². The van der Waals surface area contributed by atoms with Gasteiger partial charge in [0.1, 0.15) is 24.4 Å². The maximum Gasteiger partial charge on any atom is 0.269 e. The average molecular weight is 1340 g/mol. The molecule has 5 aromatic carbocycles. The maximum atomic E-state index is 11.3. The number of oxazole rings is 2. The Morgan fingerprint density at radius 1 is 0.480 bits per heavy atom. The first-order valence-electron chi connectivity index (χ1n) is 29.4. The fourth-order valence-corrected chi connectivity index (χ4v) is 8.69. The van der Waals surface area contributed by atoms with Gasteiger partial charge >= 0.3 is 0 Å². The van der Waals surface area contributed by atoms with Gasteiger partial charge in [0.15, 0.2) is 24.0 Å². The molecule has 6 N–H and O–H groups in total. The number of H-pyrrole nitrogens is 6. The summed E-state index contributed by atoms with van der Waals surface area (Å²) in [6, 6.07) is 59.8. The van der Waals surface area contributed by atoms with Gasteiger partial charge in [-0.15, -0.1) is 27.8 Å². The minimum atomic E-state index is -0.212. The van der Waals surface area contributed by atoms with Crippen LogP contribution in [0, 0.1) is 0 Å². The van der Waals surface area contributed by atoms with Gasteiger partial charge in [0.2, 0.25) is 0 Å². The summed E-state index contributed by atoms with van der Waals surface area (Å²) in [6.07, 6.45) is 33.4. The van der Waals surface area contributed by atoms with Crippen molar-refractivity contribution in [3.8, 4) is 0 Å². The van der Waals surface area contributed by atoms with Crippen molar-refractivity contribution in [2.45, 2.75) is 0 Å². The molecule has 14 aromatic heterocycles. The molecule has 0 spiro atoms. The third-order valence-corrected chi connectivity index (χ3v) is 13.5. The van der Waals surface area contributed by atoms with Gasteiger partial charge in [-0.25, -0.2) is 44.3 Å². The number of carbonyl (C=O) groups excluding carboxylic acids is 2. The highest BCUT2D eigenvalue weighted by Crippen LogP contribution is 2.20. The minimum Gasteiger partial charge on any atom is -0.452 e. The van der Waals surface area contributed by atoms with Gasteiger partial charge in [0.05, 0.1) is 80.2 Å². The number of hydrogen-bond donors (Lipinski definition) is 6. The summed E-state index contributed by atoms with van der Waals surface area (Å²) in [5.74, 6) is -0.425. The average Bonchev–Trinajstić information content (AvgIpc) is 1.65. The van der Waals surface area contributed by atoms with Crippen LogP contribution in [0.2, 0.25) is 0 Å². The van der Waals surface area contributed by atoms with E-state index in [1.54, 1.807) is 133 Å². The standard InChI is InChI=1S/C9H7NO2.C8H6N2.2C7H6N2.C7H5NO.C7H5NS.C6H5N3.C5H5N.2C3H4N2.C3H3NO.C3H3NS.C2H3N3/c1-10-8(11)6-4-2-3-5-7(6)9(10)12;1-3-7-4-2-6-10-8(7)9-5-1;1-2-4-7-6(3-1)8-5-9-7;1-2-4-7-6(3-1)5-8-9-7;2*1-2-4-7-6(3-1)8-5-9-7;1-2-4-9-5-7-8-6(9)3-1;1-2-4-6-5-3-1;1-2-5-3-4-1;1-2-4-5-3-1;2*1-2-5-3-4-1;1-3-2-5-4-1/h2-5H,1H3;1-6H;2*1-5H,(H,8,9);3*1-5H;1-5H;2*1-3H,(H,4,5);2*1-3H;1-2H,(H,3,4,5)/p+1. The van der Waals surface area contributed by atoms with E-state index in [1.165, 1.54) is 43.5 Å². The predicted octanol–water partition coefficient (Wildman–Crippen LogP) is 13.5. The number of fused-ring (bicyclic) bond motifs is 7. The van der Waals surface area contributed by atoms with Crippen LogP contribution < -0.4 is 4.40 Å². The van der Waals surface area contributed by atoms with Crippen LogP contribution in [0.4, 0.5) is 0 Å². The highest BCUT2D eigenvalue weighted by molar-refractivity contribution is 7.16. The number of carbonyl (C=O) groups is 2. The summed E-state index contributed by atoms with van der Waals surface area (Å²) < 4.78 is 12.7. The van der Waals surface area contributed by atoms with Crippen LogP contribution in [0.15, 0.2) is 338 Å². The molecule has 0 unspecified atom stereocenters. The van der Waals surface area contributed by atoms with Crippen LogP contribution in [0.1, 0.15) is 20.7 Å². The van der Waals surface area contributed by atoms with E-state index in [9.17, 15) is 9.59 Å². The lowest BCUT2D eigenvalue weighted by Gasteiger charge is -2.02. The Labute approximate surface area is 567 Å². The van der Waals surface area contributed by atoms with E-state index in [0.717, 1.165) is 60.1 Å². The van der Waals surface area contributed by atoms with E-state index < -0.39 is 0 Å². The number of rotatable bonds is 0. The Morgan fingerprint density at radius 3 is 1.76 bits per heavy atom. The molecule has 20 rings (SSSR count). The molecule has 1 aliphatic rings.